The summed E-state index contributed by atoms with van der Waals surface area (Å²) in [4.78, 5) is 2.14. The van der Waals surface area contributed by atoms with Crippen LogP contribution in [0.2, 0.25) is 13.1 Å². The molecule has 0 aromatic heterocycles. The SMILES string of the molecule is CC(C)(C)[NH-].CN(C)c1c[cH-]c2ccccc12.C[Si]C.[Cl-].[Cl-].[Ti+4]. The molecule has 2 rings (SSSR count). The van der Waals surface area contributed by atoms with Crippen molar-refractivity contribution in [1.29, 1.82) is 0 Å². The van der Waals surface area contributed by atoms with Crippen molar-refractivity contribution in [3.05, 3.63) is 42.1 Å². The zero-order valence-corrected chi connectivity index (χ0v) is 19.2. The number of hydrogen-bond acceptors (Lipinski definition) is 1. The summed E-state index contributed by atoms with van der Waals surface area (Å²) in [5.41, 5.74) is 7.98. The third kappa shape index (κ3) is 15.4. The van der Waals surface area contributed by atoms with Crippen LogP contribution in [0.15, 0.2) is 36.4 Å². The van der Waals surface area contributed by atoms with Gasteiger partial charge in [-0.25, -0.2) is 0 Å². The summed E-state index contributed by atoms with van der Waals surface area (Å²) in [5.74, 6) is 0. The maximum Gasteiger partial charge on any atom is 4.00 e. The molecule has 0 aliphatic carbocycles. The Morgan fingerprint density at radius 3 is 1.83 bits per heavy atom. The predicted octanol–water partition coefficient (Wildman–Crippen LogP) is -0.746. The second kappa shape index (κ2) is 15.6. The minimum Gasteiger partial charge on any atom is -1.00 e. The van der Waals surface area contributed by atoms with Crippen LogP contribution in [0, 0.1) is 0 Å². The summed E-state index contributed by atoms with van der Waals surface area (Å²) in [7, 11) is 5.23. The molecule has 2 aromatic rings. The van der Waals surface area contributed by atoms with Gasteiger partial charge in [0.05, 0.1) is 0 Å². The zero-order valence-electron chi connectivity index (χ0n) is 15.2. The first-order valence-electron chi connectivity index (χ1n) is 6.86. The average Bonchev–Trinajstić information content (AvgIpc) is 2.71. The van der Waals surface area contributed by atoms with Crippen LogP contribution in [0.5, 0.6) is 0 Å². The molecule has 0 aliphatic rings. The number of nitrogens with one attached hydrogen (secondary N) is 1. The van der Waals surface area contributed by atoms with Gasteiger partial charge in [-0.2, -0.15) is 0 Å². The molecule has 6 heteroatoms. The molecule has 0 bridgehead atoms. The van der Waals surface area contributed by atoms with Gasteiger partial charge in [-0.05, 0) is 14.1 Å². The minimum absolute atomic E-state index is 0. The summed E-state index contributed by atoms with van der Waals surface area (Å²) in [6.07, 6.45) is 0. The number of halogens is 2. The summed E-state index contributed by atoms with van der Waals surface area (Å²) in [5, 5.41) is 2.66. The number of nitrogens with zero attached hydrogens (tertiary/aromatic N) is 1. The van der Waals surface area contributed by atoms with Crippen LogP contribution in [-0.2, 0) is 21.7 Å². The largest absolute Gasteiger partial charge is 4.00 e. The van der Waals surface area contributed by atoms with Gasteiger partial charge in [0, 0.05) is 9.52 Å². The van der Waals surface area contributed by atoms with Crippen molar-refractivity contribution in [2.75, 3.05) is 19.0 Å². The molecule has 0 fully saturated rings. The molecular formula is C17H28Cl2N2SiTi. The maximum absolute atomic E-state index is 6.94. The third-order valence-electron chi connectivity index (χ3n) is 2.14. The Kier molecular flexibility index (Phi) is 21.0. The van der Waals surface area contributed by atoms with Gasteiger partial charge < -0.3 is 35.4 Å². The van der Waals surface area contributed by atoms with Gasteiger partial charge in [-0.3, -0.25) is 0 Å². The molecule has 0 amide bonds. The van der Waals surface area contributed by atoms with E-state index < -0.39 is 0 Å². The van der Waals surface area contributed by atoms with Crippen LogP contribution >= 0.6 is 0 Å². The van der Waals surface area contributed by atoms with Crippen molar-refractivity contribution in [1.82, 2.24) is 0 Å². The van der Waals surface area contributed by atoms with Crippen molar-refractivity contribution < 1.29 is 46.5 Å². The first-order valence-corrected chi connectivity index (χ1v) is 8.86. The van der Waals surface area contributed by atoms with E-state index in [1.54, 1.807) is 0 Å². The number of benzene rings is 1. The normalized spacial score (nSPS) is 8.87. The van der Waals surface area contributed by atoms with E-state index in [-0.39, 0.29) is 52.1 Å². The molecule has 2 aromatic carbocycles. The van der Waals surface area contributed by atoms with Crippen molar-refractivity contribution in [2.45, 2.75) is 39.4 Å². The molecule has 23 heavy (non-hydrogen) atoms. The third-order valence-corrected chi connectivity index (χ3v) is 2.14. The molecule has 0 unspecified atom stereocenters. The Hall–Kier alpha value is 0.101. The molecule has 0 aliphatic heterocycles. The second-order valence-corrected chi connectivity index (χ2v) is 6.95. The topological polar surface area (TPSA) is 27.0 Å². The summed E-state index contributed by atoms with van der Waals surface area (Å²) in [6.45, 7) is 9.87. The molecule has 2 nitrogen and oxygen atoms in total. The number of anilines is 1. The van der Waals surface area contributed by atoms with E-state index in [0.717, 1.165) is 9.52 Å². The minimum atomic E-state index is -0.250. The van der Waals surface area contributed by atoms with Crippen molar-refractivity contribution in [3.8, 4) is 0 Å². The fourth-order valence-corrected chi connectivity index (χ4v) is 1.52. The molecule has 0 saturated carbocycles. The van der Waals surface area contributed by atoms with Gasteiger partial charge in [0.1, 0.15) is 0 Å². The molecule has 0 heterocycles. The van der Waals surface area contributed by atoms with E-state index >= 15 is 0 Å². The second-order valence-electron chi connectivity index (χ2n) is 5.95. The smallest absolute Gasteiger partial charge is 1.00 e. The number of fused-ring (bicyclic) bond motifs is 1. The Morgan fingerprint density at radius 1 is 1.04 bits per heavy atom. The fourth-order valence-electron chi connectivity index (χ4n) is 1.52. The van der Waals surface area contributed by atoms with Gasteiger partial charge >= 0.3 is 21.7 Å². The maximum atomic E-state index is 6.94. The van der Waals surface area contributed by atoms with Gasteiger partial charge in [0.15, 0.2) is 0 Å². The summed E-state index contributed by atoms with van der Waals surface area (Å²) in [6, 6.07) is 12.8. The molecule has 128 valence electrons. The van der Waals surface area contributed by atoms with Crippen LogP contribution in [0.1, 0.15) is 20.8 Å². The Balaban J connectivity index is -0.000000143. The quantitative estimate of drug-likeness (QED) is 0.452. The molecular weight excluding hydrogens is 379 g/mol. The van der Waals surface area contributed by atoms with Gasteiger partial charge in [-0.1, -0.05) is 45.6 Å². The van der Waals surface area contributed by atoms with Gasteiger partial charge in [-0.15, -0.1) is 46.6 Å². The standard InChI is InChI=1S/C11H12N.C4H10N.C2H6Si.2ClH.Ti/c1-12(2)11-8-7-9-5-3-4-6-10(9)11;1-4(2,3)5;1-3-2;;;/h3-8H,1-2H3;5H,1-3H3;1-2H3;2*1H;/q2*-1;;;;+4/p-2. The van der Waals surface area contributed by atoms with Crippen LogP contribution in [-0.4, -0.2) is 29.2 Å². The zero-order chi connectivity index (χ0) is 15.8. The van der Waals surface area contributed by atoms with Crippen LogP contribution in [0.3, 0.4) is 0 Å². The van der Waals surface area contributed by atoms with Gasteiger partial charge in [0.25, 0.3) is 0 Å². The molecule has 0 spiro atoms. The van der Waals surface area contributed by atoms with E-state index in [1.807, 2.05) is 20.8 Å². The average molecular weight is 407 g/mol. The molecule has 2 radical (unpaired) electrons. The van der Waals surface area contributed by atoms with E-state index in [9.17, 15) is 0 Å². The van der Waals surface area contributed by atoms with Crippen LogP contribution in [0.25, 0.3) is 16.5 Å². The van der Waals surface area contributed by atoms with Crippen LogP contribution < -0.4 is 29.7 Å². The summed E-state index contributed by atoms with van der Waals surface area (Å²) < 4.78 is 0. The van der Waals surface area contributed by atoms with E-state index in [4.69, 9.17) is 5.73 Å². The molecule has 0 atom stereocenters. The van der Waals surface area contributed by atoms with Gasteiger partial charge in [0.2, 0.25) is 0 Å². The first kappa shape index (κ1) is 30.9. The Morgan fingerprint density at radius 2 is 1.43 bits per heavy atom. The molecule has 0 saturated heterocycles. The monoisotopic (exact) mass is 406 g/mol. The van der Waals surface area contributed by atoms with E-state index in [1.165, 1.54) is 16.5 Å². The van der Waals surface area contributed by atoms with E-state index in [0.29, 0.717) is 0 Å². The number of hydrogen-bond donors (Lipinski definition) is 0. The van der Waals surface area contributed by atoms with Crippen molar-refractivity contribution in [3.63, 3.8) is 0 Å². The van der Waals surface area contributed by atoms with Crippen LogP contribution in [0.4, 0.5) is 5.69 Å². The van der Waals surface area contributed by atoms with Crippen molar-refractivity contribution >= 4 is 26.0 Å². The summed E-state index contributed by atoms with van der Waals surface area (Å²) >= 11 is 0. The van der Waals surface area contributed by atoms with Crippen molar-refractivity contribution in [2.24, 2.45) is 0 Å². The Bertz CT molecular complexity index is 491. The Labute approximate surface area is 172 Å². The fraction of sp³-hybridized carbons (Fsp3) is 0.471. The molecule has 1 N–H and O–H groups in total. The first-order chi connectivity index (χ1) is 9.20. The van der Waals surface area contributed by atoms with E-state index in [2.05, 4.69) is 68.5 Å². The predicted molar refractivity (Wildman–Crippen MR) is 95.4 cm³/mol. The number of rotatable bonds is 1.